The average Bonchev–Trinajstić information content (AvgIpc) is 3.56. The molecule has 0 saturated heterocycles. The molecule has 4 aliphatic rings. The molecular formula is C49H58O6. The highest BCUT2D eigenvalue weighted by Gasteiger charge is 2.65. The second kappa shape index (κ2) is 15.4. The van der Waals surface area contributed by atoms with E-state index in [1.807, 2.05) is 42.5 Å². The second-order valence-electron chi connectivity index (χ2n) is 18.0. The molecule has 8 rings (SSSR count). The maximum absolute atomic E-state index is 14.1. The number of carbonyl (C=O) groups excluding carboxylic acids is 3. The van der Waals surface area contributed by atoms with E-state index in [0.29, 0.717) is 41.9 Å². The van der Waals surface area contributed by atoms with Gasteiger partial charge in [0.25, 0.3) is 0 Å². The van der Waals surface area contributed by atoms with Crippen LogP contribution in [0.4, 0.5) is 0 Å². The number of rotatable bonds is 10. The van der Waals surface area contributed by atoms with E-state index in [4.69, 9.17) is 14.2 Å². The Bertz CT molecular complexity index is 2040. The molecule has 4 aliphatic carbocycles. The van der Waals surface area contributed by atoms with Crippen LogP contribution < -0.4 is 0 Å². The van der Waals surface area contributed by atoms with Crippen LogP contribution in [-0.2, 0) is 41.4 Å². The lowest BCUT2D eigenvalue weighted by Gasteiger charge is -2.62. The molecule has 55 heavy (non-hydrogen) atoms. The Morgan fingerprint density at radius 2 is 1.31 bits per heavy atom. The van der Waals surface area contributed by atoms with E-state index in [1.54, 1.807) is 0 Å². The van der Waals surface area contributed by atoms with Crippen LogP contribution in [0, 0.1) is 46.3 Å². The predicted octanol–water partition coefficient (Wildman–Crippen LogP) is 10.5. The topological polar surface area (TPSA) is 78.9 Å². The Morgan fingerprint density at radius 3 is 1.96 bits per heavy atom. The minimum Gasteiger partial charge on any atom is -0.469 e. The van der Waals surface area contributed by atoms with E-state index in [-0.39, 0.29) is 53.8 Å². The molecule has 0 amide bonds. The number of esters is 3. The number of carbonyl (C=O) groups is 3. The van der Waals surface area contributed by atoms with E-state index in [0.717, 1.165) is 84.0 Å². The third-order valence-corrected chi connectivity index (χ3v) is 15.5. The Kier molecular flexibility index (Phi) is 10.6. The van der Waals surface area contributed by atoms with Crippen LogP contribution in [0.5, 0.6) is 0 Å². The SMILES string of the molecule is COC(=O)CC[C@@H](C)[C@H]1CC[C@H]2[C@@H]3CC[C@@H]4C[C@H](OC(=O)Cc5cccc6ccccc56)CC[C@]4(C)[C@H]3C[C@H](OC(=O)Cc3cccc4ccccc34)[C@]12C. The van der Waals surface area contributed by atoms with Crippen LogP contribution in [0.1, 0.15) is 96.1 Å². The zero-order valence-corrected chi connectivity index (χ0v) is 33.1. The quantitative estimate of drug-likeness (QED) is 0.119. The van der Waals surface area contributed by atoms with Gasteiger partial charge in [0.05, 0.1) is 20.0 Å². The van der Waals surface area contributed by atoms with Crippen LogP contribution >= 0.6 is 0 Å². The number of ether oxygens (including phenoxy) is 3. The maximum Gasteiger partial charge on any atom is 0.310 e. The lowest BCUT2D eigenvalue weighted by atomic mass is 9.43. The summed E-state index contributed by atoms with van der Waals surface area (Å²) >= 11 is 0. The molecule has 0 aromatic heterocycles. The average molecular weight is 743 g/mol. The van der Waals surface area contributed by atoms with Gasteiger partial charge in [-0.05, 0) is 131 Å². The molecule has 4 aromatic rings. The zero-order valence-electron chi connectivity index (χ0n) is 33.1. The zero-order chi connectivity index (χ0) is 38.3. The molecule has 0 aliphatic heterocycles. The van der Waals surface area contributed by atoms with Crippen molar-refractivity contribution in [1.82, 2.24) is 0 Å². The van der Waals surface area contributed by atoms with Crippen molar-refractivity contribution in [1.29, 1.82) is 0 Å². The van der Waals surface area contributed by atoms with Crippen molar-refractivity contribution in [2.75, 3.05) is 7.11 Å². The molecule has 0 N–H and O–H groups in total. The van der Waals surface area contributed by atoms with Crippen molar-refractivity contribution in [2.45, 2.75) is 110 Å². The van der Waals surface area contributed by atoms with Gasteiger partial charge < -0.3 is 14.2 Å². The van der Waals surface area contributed by atoms with Gasteiger partial charge in [-0.25, -0.2) is 0 Å². The first-order chi connectivity index (χ1) is 26.6. The van der Waals surface area contributed by atoms with Gasteiger partial charge in [0.2, 0.25) is 0 Å². The van der Waals surface area contributed by atoms with E-state index in [2.05, 4.69) is 63.2 Å². The minimum absolute atomic E-state index is 0.0631. The normalized spacial score (nSPS) is 31.8. The van der Waals surface area contributed by atoms with Crippen LogP contribution in [0.25, 0.3) is 21.5 Å². The first-order valence-electron chi connectivity index (χ1n) is 21.0. The molecule has 4 fully saturated rings. The van der Waals surface area contributed by atoms with Crippen LogP contribution in [0.2, 0.25) is 0 Å². The van der Waals surface area contributed by atoms with Gasteiger partial charge in [0, 0.05) is 11.8 Å². The van der Waals surface area contributed by atoms with E-state index in [1.165, 1.54) is 13.5 Å². The third-order valence-electron chi connectivity index (χ3n) is 15.5. The van der Waals surface area contributed by atoms with E-state index in [9.17, 15) is 14.4 Å². The molecule has 4 saturated carbocycles. The van der Waals surface area contributed by atoms with Gasteiger partial charge in [0.15, 0.2) is 0 Å². The molecule has 0 unspecified atom stereocenters. The number of hydrogen-bond donors (Lipinski definition) is 0. The molecule has 4 aromatic carbocycles. The molecule has 10 atom stereocenters. The fourth-order valence-electron chi connectivity index (χ4n) is 12.7. The second-order valence-corrected chi connectivity index (χ2v) is 18.0. The highest BCUT2D eigenvalue weighted by Crippen LogP contribution is 2.69. The van der Waals surface area contributed by atoms with Crippen LogP contribution in [-0.4, -0.2) is 37.2 Å². The summed E-state index contributed by atoms with van der Waals surface area (Å²) in [6.07, 6.45) is 9.70. The number of fused-ring (bicyclic) bond motifs is 7. The standard InChI is InChI=1S/C49H58O6/c1-31(19-24-45(50)53-4)41-22-23-42-40-21-20-36-29-37(54-46(51)27-34-15-9-13-32-11-5-7-17-38(32)34)25-26-48(36,2)43(40)30-44(49(41,42)3)55-47(52)28-35-16-10-14-33-12-6-8-18-39(33)35/h5-18,31,36-37,40-44H,19-30H2,1-4H3/t31-,36-,37-,40+,41-,42+,43+,44+,48+,49-/m1/s1. The fourth-order valence-corrected chi connectivity index (χ4v) is 12.7. The van der Waals surface area contributed by atoms with Gasteiger partial charge in [-0.15, -0.1) is 0 Å². The molecule has 0 bridgehead atoms. The highest BCUT2D eigenvalue weighted by atomic mass is 16.5. The molecule has 6 nitrogen and oxygen atoms in total. The summed E-state index contributed by atoms with van der Waals surface area (Å²) in [6.45, 7) is 7.23. The largest absolute Gasteiger partial charge is 0.469 e. The highest BCUT2D eigenvalue weighted by molar-refractivity contribution is 5.90. The first-order valence-corrected chi connectivity index (χ1v) is 21.0. The van der Waals surface area contributed by atoms with Crippen molar-refractivity contribution in [3.63, 3.8) is 0 Å². The molecule has 0 spiro atoms. The number of benzene rings is 4. The number of hydrogen-bond acceptors (Lipinski definition) is 6. The van der Waals surface area contributed by atoms with Crippen molar-refractivity contribution in [3.8, 4) is 0 Å². The summed E-state index contributed by atoms with van der Waals surface area (Å²) in [6, 6.07) is 28.8. The van der Waals surface area contributed by atoms with E-state index >= 15 is 0 Å². The fraction of sp³-hybridized carbons (Fsp3) is 0.531. The smallest absolute Gasteiger partial charge is 0.310 e. The third kappa shape index (κ3) is 7.08. The Balaban J connectivity index is 1.01. The van der Waals surface area contributed by atoms with Crippen molar-refractivity contribution >= 4 is 39.5 Å². The van der Waals surface area contributed by atoms with Crippen molar-refractivity contribution in [3.05, 3.63) is 96.1 Å². The van der Waals surface area contributed by atoms with Gasteiger partial charge in [0.1, 0.15) is 12.2 Å². The molecule has 290 valence electrons. The summed E-state index contributed by atoms with van der Waals surface area (Å²) in [5.41, 5.74) is 1.95. The van der Waals surface area contributed by atoms with E-state index < -0.39 is 0 Å². The lowest BCUT2D eigenvalue weighted by Crippen LogP contribution is -2.59. The van der Waals surface area contributed by atoms with Crippen LogP contribution in [0.15, 0.2) is 84.9 Å². The van der Waals surface area contributed by atoms with Gasteiger partial charge in [-0.1, -0.05) is 106 Å². The lowest BCUT2D eigenvalue weighted by molar-refractivity contribution is -0.199. The monoisotopic (exact) mass is 742 g/mol. The van der Waals surface area contributed by atoms with Gasteiger partial charge in [-0.3, -0.25) is 14.4 Å². The van der Waals surface area contributed by atoms with Crippen molar-refractivity contribution in [2.24, 2.45) is 46.3 Å². The summed E-state index contributed by atoms with van der Waals surface area (Å²) in [5.74, 6) is 2.17. The van der Waals surface area contributed by atoms with Crippen molar-refractivity contribution < 1.29 is 28.6 Å². The first kappa shape index (κ1) is 37.7. The van der Waals surface area contributed by atoms with Gasteiger partial charge in [-0.2, -0.15) is 0 Å². The molecule has 0 heterocycles. The van der Waals surface area contributed by atoms with Gasteiger partial charge >= 0.3 is 17.9 Å². The summed E-state index contributed by atoms with van der Waals surface area (Å²) in [5, 5.41) is 4.48. The molecule has 6 heteroatoms. The maximum atomic E-state index is 14.1. The Morgan fingerprint density at radius 1 is 0.691 bits per heavy atom. The summed E-state index contributed by atoms with van der Waals surface area (Å²) < 4.78 is 18.1. The predicted molar refractivity (Wildman–Crippen MR) is 216 cm³/mol. The molecule has 0 radical (unpaired) electrons. The minimum atomic E-state index is -0.193. The summed E-state index contributed by atoms with van der Waals surface area (Å²) in [4.78, 5) is 39.7. The Hall–Kier alpha value is -4.19. The summed E-state index contributed by atoms with van der Waals surface area (Å²) in [7, 11) is 1.47. The molecular weight excluding hydrogens is 685 g/mol. The number of methoxy groups -OCH3 is 1. The van der Waals surface area contributed by atoms with Crippen LogP contribution in [0.3, 0.4) is 0 Å². The Labute approximate surface area is 326 Å².